The zero-order valence-corrected chi connectivity index (χ0v) is 18.6. The average Bonchev–Trinajstić information content (AvgIpc) is 3.20. The van der Waals surface area contributed by atoms with Crippen LogP contribution in [0.1, 0.15) is 68.1 Å². The molecule has 162 valence electrons. The highest BCUT2D eigenvalue weighted by Crippen LogP contribution is 2.20. The lowest BCUT2D eigenvalue weighted by Crippen LogP contribution is -2.48. The molecule has 6 heteroatoms. The Hall–Kier alpha value is -2.63. The number of amides is 2. The number of benzene rings is 1. The van der Waals surface area contributed by atoms with Gasteiger partial charge in [-0.25, -0.2) is 4.68 Å². The molecule has 2 heterocycles. The smallest absolute Gasteiger partial charge is 0.254 e. The summed E-state index contributed by atoms with van der Waals surface area (Å²) in [7, 11) is 0. The normalized spacial score (nSPS) is 14.9. The number of hydrogen-bond donors (Lipinski definition) is 1. The third kappa shape index (κ3) is 4.74. The Kier molecular flexibility index (Phi) is 7.29. The third-order valence-corrected chi connectivity index (χ3v) is 6.20. The summed E-state index contributed by atoms with van der Waals surface area (Å²) in [5.41, 5.74) is 3.70. The van der Waals surface area contributed by atoms with Crippen LogP contribution in [0.4, 0.5) is 0 Å². The maximum absolute atomic E-state index is 13.0. The van der Waals surface area contributed by atoms with Crippen molar-refractivity contribution in [2.75, 3.05) is 13.1 Å². The van der Waals surface area contributed by atoms with E-state index in [0.717, 1.165) is 43.5 Å². The minimum Gasteiger partial charge on any atom is -0.349 e. The molecule has 2 aromatic rings. The fourth-order valence-electron chi connectivity index (χ4n) is 4.22. The molecule has 0 bridgehead atoms. The predicted octanol–water partition coefficient (Wildman–Crippen LogP) is 3.90. The van der Waals surface area contributed by atoms with E-state index in [2.05, 4.69) is 31.2 Å². The first-order valence-electron chi connectivity index (χ1n) is 11.2. The Morgan fingerprint density at radius 3 is 2.30 bits per heavy atom. The van der Waals surface area contributed by atoms with Crippen molar-refractivity contribution in [1.29, 1.82) is 0 Å². The highest BCUT2D eigenvalue weighted by molar-refractivity contribution is 5.95. The van der Waals surface area contributed by atoms with Gasteiger partial charge in [-0.2, -0.15) is 5.10 Å². The Balaban J connectivity index is 1.63. The molecule has 1 aromatic heterocycles. The van der Waals surface area contributed by atoms with E-state index in [0.29, 0.717) is 18.7 Å². The molecule has 0 aliphatic carbocycles. The molecule has 3 rings (SSSR count). The monoisotopic (exact) mass is 410 g/mol. The molecule has 1 fully saturated rings. The van der Waals surface area contributed by atoms with Crippen molar-refractivity contribution in [3.05, 3.63) is 47.3 Å². The van der Waals surface area contributed by atoms with Crippen LogP contribution < -0.4 is 5.32 Å². The number of rotatable bonds is 7. The van der Waals surface area contributed by atoms with E-state index in [4.69, 9.17) is 0 Å². The van der Waals surface area contributed by atoms with Crippen LogP contribution in [0.15, 0.2) is 30.5 Å². The van der Waals surface area contributed by atoms with Crippen LogP contribution in [0, 0.1) is 12.8 Å². The fourth-order valence-corrected chi connectivity index (χ4v) is 4.22. The zero-order valence-electron chi connectivity index (χ0n) is 18.6. The Labute approximate surface area is 179 Å². The summed E-state index contributed by atoms with van der Waals surface area (Å²) in [5.74, 6) is 0.309. The van der Waals surface area contributed by atoms with Gasteiger partial charge in [0.2, 0.25) is 5.91 Å². The molecule has 1 aromatic carbocycles. The zero-order chi connectivity index (χ0) is 21.7. The van der Waals surface area contributed by atoms with Gasteiger partial charge in [0.05, 0.1) is 23.1 Å². The van der Waals surface area contributed by atoms with E-state index in [1.165, 1.54) is 5.56 Å². The van der Waals surface area contributed by atoms with Crippen molar-refractivity contribution in [2.45, 2.75) is 65.8 Å². The first-order valence-corrected chi connectivity index (χ1v) is 11.2. The summed E-state index contributed by atoms with van der Waals surface area (Å²) in [6, 6.07) is 8.24. The topological polar surface area (TPSA) is 67.2 Å². The van der Waals surface area contributed by atoms with Gasteiger partial charge in [0.15, 0.2) is 0 Å². The van der Waals surface area contributed by atoms with Crippen molar-refractivity contribution < 1.29 is 9.59 Å². The second kappa shape index (κ2) is 9.92. The summed E-state index contributed by atoms with van der Waals surface area (Å²) < 4.78 is 1.85. The van der Waals surface area contributed by atoms with E-state index < -0.39 is 0 Å². The number of carbonyl (C=O) groups is 2. The van der Waals surface area contributed by atoms with Crippen LogP contribution >= 0.6 is 0 Å². The molecule has 1 aliphatic heterocycles. The molecular formula is C24H34N4O2. The highest BCUT2D eigenvalue weighted by Gasteiger charge is 2.28. The van der Waals surface area contributed by atoms with Gasteiger partial charge in [0.25, 0.3) is 5.91 Å². The predicted molar refractivity (Wildman–Crippen MR) is 119 cm³/mol. The fraction of sp³-hybridized carbons (Fsp3) is 0.542. The average molecular weight is 411 g/mol. The van der Waals surface area contributed by atoms with Crippen LogP contribution in [0.3, 0.4) is 0 Å². The standard InChI is InChI=1S/C24H34N4O2/c1-5-18(6-2)24(30)27-14-12-19(13-15-27)26-23(29)21-16-25-28(22(21)7-3)20-10-8-17(4)9-11-20/h8-11,16,18-19H,5-7,12-15H2,1-4H3,(H,26,29). The largest absolute Gasteiger partial charge is 0.349 e. The number of nitrogens with zero attached hydrogens (tertiary/aromatic N) is 3. The van der Waals surface area contributed by atoms with Gasteiger partial charge in [0, 0.05) is 25.0 Å². The number of likely N-dealkylation sites (tertiary alicyclic amines) is 1. The number of carbonyl (C=O) groups excluding carboxylic acids is 2. The molecule has 6 nitrogen and oxygen atoms in total. The van der Waals surface area contributed by atoms with Crippen molar-refractivity contribution in [2.24, 2.45) is 5.92 Å². The van der Waals surface area contributed by atoms with Gasteiger partial charge in [-0.3, -0.25) is 9.59 Å². The number of piperidine rings is 1. The highest BCUT2D eigenvalue weighted by atomic mass is 16.2. The molecule has 1 saturated heterocycles. The Morgan fingerprint density at radius 1 is 1.10 bits per heavy atom. The van der Waals surface area contributed by atoms with E-state index in [-0.39, 0.29) is 23.8 Å². The number of aryl methyl sites for hydroxylation is 1. The Bertz CT molecular complexity index is 860. The minimum absolute atomic E-state index is 0.0741. The molecule has 30 heavy (non-hydrogen) atoms. The second-order valence-corrected chi connectivity index (χ2v) is 8.19. The lowest BCUT2D eigenvalue weighted by atomic mass is 9.98. The molecule has 1 aliphatic rings. The summed E-state index contributed by atoms with van der Waals surface area (Å²) in [6.07, 6.45) is 5.75. The Morgan fingerprint density at radius 2 is 1.73 bits per heavy atom. The van der Waals surface area contributed by atoms with Crippen LogP contribution in [-0.4, -0.2) is 45.6 Å². The van der Waals surface area contributed by atoms with Crippen molar-refractivity contribution in [3.8, 4) is 5.69 Å². The SMILES string of the molecule is CCc1c(C(=O)NC2CCN(C(=O)C(CC)CC)CC2)cnn1-c1ccc(C)cc1. The molecular weight excluding hydrogens is 376 g/mol. The first kappa shape index (κ1) is 22.1. The van der Waals surface area contributed by atoms with Crippen LogP contribution in [0.25, 0.3) is 5.69 Å². The second-order valence-electron chi connectivity index (χ2n) is 8.19. The van der Waals surface area contributed by atoms with Gasteiger partial charge in [0.1, 0.15) is 0 Å². The molecule has 1 N–H and O–H groups in total. The van der Waals surface area contributed by atoms with Crippen LogP contribution in [-0.2, 0) is 11.2 Å². The summed E-state index contributed by atoms with van der Waals surface area (Å²) in [6.45, 7) is 9.66. The summed E-state index contributed by atoms with van der Waals surface area (Å²) >= 11 is 0. The lowest BCUT2D eigenvalue weighted by molar-refractivity contribution is -0.136. The van der Waals surface area contributed by atoms with Gasteiger partial charge >= 0.3 is 0 Å². The van der Waals surface area contributed by atoms with E-state index in [1.807, 2.05) is 40.8 Å². The molecule has 0 saturated carbocycles. The molecule has 0 atom stereocenters. The van der Waals surface area contributed by atoms with E-state index in [1.54, 1.807) is 6.20 Å². The van der Waals surface area contributed by atoms with Crippen LogP contribution in [0.2, 0.25) is 0 Å². The number of nitrogens with one attached hydrogen (secondary N) is 1. The van der Waals surface area contributed by atoms with Gasteiger partial charge < -0.3 is 10.2 Å². The molecule has 0 radical (unpaired) electrons. The first-order chi connectivity index (χ1) is 14.5. The maximum atomic E-state index is 13.0. The minimum atomic E-state index is -0.0741. The number of aromatic nitrogens is 2. The van der Waals surface area contributed by atoms with E-state index in [9.17, 15) is 9.59 Å². The van der Waals surface area contributed by atoms with Crippen molar-refractivity contribution >= 4 is 11.8 Å². The van der Waals surface area contributed by atoms with Gasteiger partial charge in [-0.05, 0) is 51.2 Å². The van der Waals surface area contributed by atoms with Gasteiger partial charge in [-0.1, -0.05) is 38.5 Å². The van der Waals surface area contributed by atoms with E-state index >= 15 is 0 Å². The van der Waals surface area contributed by atoms with Gasteiger partial charge in [-0.15, -0.1) is 0 Å². The number of hydrogen-bond acceptors (Lipinski definition) is 3. The maximum Gasteiger partial charge on any atom is 0.254 e. The third-order valence-electron chi connectivity index (χ3n) is 6.20. The van der Waals surface area contributed by atoms with Crippen molar-refractivity contribution in [1.82, 2.24) is 20.0 Å². The molecule has 0 spiro atoms. The summed E-state index contributed by atoms with van der Waals surface area (Å²) in [5, 5.41) is 7.65. The van der Waals surface area contributed by atoms with Crippen molar-refractivity contribution in [3.63, 3.8) is 0 Å². The molecule has 2 amide bonds. The summed E-state index contributed by atoms with van der Waals surface area (Å²) in [4.78, 5) is 27.5. The quantitative estimate of drug-likeness (QED) is 0.753. The van der Waals surface area contributed by atoms with Crippen LogP contribution in [0.5, 0.6) is 0 Å². The molecule has 0 unspecified atom stereocenters. The lowest BCUT2D eigenvalue weighted by Gasteiger charge is -2.34.